The Hall–Kier alpha value is -2.87. The number of nitrogens with zero attached hydrogens (tertiary/aromatic N) is 1. The summed E-state index contributed by atoms with van der Waals surface area (Å²) in [4.78, 5) is 13.0. The van der Waals surface area contributed by atoms with Crippen LogP contribution in [0.25, 0.3) is 0 Å². The SMILES string of the molecule is COc1ccc(S(=O)(=O)N(CCc2ccccc2)CC(=O)Nc2c(C)cc(C)cc2C)cc1Cl. The Bertz CT molecular complexity index is 1250. The summed E-state index contributed by atoms with van der Waals surface area (Å²) in [7, 11) is -2.54. The number of ether oxygens (including phenoxy) is 1. The van der Waals surface area contributed by atoms with Gasteiger partial charge in [-0.2, -0.15) is 4.31 Å². The first-order chi connectivity index (χ1) is 16.1. The third-order valence-corrected chi connectivity index (χ3v) is 7.65. The van der Waals surface area contributed by atoms with Gasteiger partial charge in [-0.1, -0.05) is 59.6 Å². The van der Waals surface area contributed by atoms with Crippen LogP contribution in [-0.2, 0) is 21.2 Å². The highest BCUT2D eigenvalue weighted by molar-refractivity contribution is 7.89. The topological polar surface area (TPSA) is 75.7 Å². The van der Waals surface area contributed by atoms with E-state index in [-0.39, 0.29) is 23.0 Å². The van der Waals surface area contributed by atoms with Crippen LogP contribution in [0.1, 0.15) is 22.3 Å². The first-order valence-corrected chi connectivity index (χ1v) is 12.7. The number of carbonyl (C=O) groups is 1. The molecule has 0 radical (unpaired) electrons. The molecule has 8 heteroatoms. The van der Waals surface area contributed by atoms with Crippen molar-refractivity contribution in [3.63, 3.8) is 0 Å². The molecule has 180 valence electrons. The van der Waals surface area contributed by atoms with Gasteiger partial charge in [0.05, 0.1) is 23.6 Å². The van der Waals surface area contributed by atoms with Gasteiger partial charge < -0.3 is 10.1 Å². The number of anilines is 1. The van der Waals surface area contributed by atoms with Crippen LogP contribution in [0.5, 0.6) is 5.75 Å². The molecule has 0 saturated carbocycles. The van der Waals surface area contributed by atoms with Crippen molar-refractivity contribution in [2.75, 3.05) is 25.5 Å². The summed E-state index contributed by atoms with van der Waals surface area (Å²) < 4.78 is 33.4. The molecule has 0 aliphatic carbocycles. The Morgan fingerprint density at radius 3 is 2.24 bits per heavy atom. The van der Waals surface area contributed by atoms with Gasteiger partial charge in [-0.15, -0.1) is 0 Å². The summed E-state index contributed by atoms with van der Waals surface area (Å²) >= 11 is 6.19. The molecule has 0 aromatic heterocycles. The molecule has 0 heterocycles. The largest absolute Gasteiger partial charge is 0.495 e. The minimum absolute atomic E-state index is 0.00172. The van der Waals surface area contributed by atoms with E-state index in [1.807, 2.05) is 63.2 Å². The number of benzene rings is 3. The van der Waals surface area contributed by atoms with Crippen molar-refractivity contribution in [3.8, 4) is 5.75 Å². The molecule has 0 atom stereocenters. The lowest BCUT2D eigenvalue weighted by Gasteiger charge is -2.23. The lowest BCUT2D eigenvalue weighted by atomic mass is 10.1. The lowest BCUT2D eigenvalue weighted by molar-refractivity contribution is -0.116. The van der Waals surface area contributed by atoms with E-state index >= 15 is 0 Å². The highest BCUT2D eigenvalue weighted by Crippen LogP contribution is 2.29. The normalized spacial score (nSPS) is 11.5. The number of halogens is 1. The molecule has 0 spiro atoms. The van der Waals surface area contributed by atoms with E-state index in [9.17, 15) is 13.2 Å². The van der Waals surface area contributed by atoms with Crippen LogP contribution in [0.15, 0.2) is 65.6 Å². The lowest BCUT2D eigenvalue weighted by Crippen LogP contribution is -2.39. The second kappa shape index (κ2) is 11.0. The van der Waals surface area contributed by atoms with Crippen molar-refractivity contribution in [3.05, 3.63) is 87.9 Å². The Kier molecular flexibility index (Phi) is 8.36. The zero-order chi connectivity index (χ0) is 24.9. The van der Waals surface area contributed by atoms with Crippen molar-refractivity contribution in [2.24, 2.45) is 0 Å². The van der Waals surface area contributed by atoms with Crippen molar-refractivity contribution in [1.82, 2.24) is 4.31 Å². The zero-order valence-electron chi connectivity index (χ0n) is 19.8. The molecule has 34 heavy (non-hydrogen) atoms. The molecule has 0 aliphatic heterocycles. The summed E-state index contributed by atoms with van der Waals surface area (Å²) in [6, 6.07) is 17.8. The average Bonchev–Trinajstić information content (AvgIpc) is 2.79. The molecule has 0 fully saturated rings. The number of rotatable bonds is 9. The highest BCUT2D eigenvalue weighted by Gasteiger charge is 2.27. The van der Waals surface area contributed by atoms with E-state index in [2.05, 4.69) is 5.32 Å². The smallest absolute Gasteiger partial charge is 0.243 e. The van der Waals surface area contributed by atoms with E-state index in [0.717, 1.165) is 22.3 Å². The molecular formula is C26H29ClN2O4S. The maximum Gasteiger partial charge on any atom is 0.243 e. The molecule has 1 amide bonds. The number of hydrogen-bond donors (Lipinski definition) is 1. The summed E-state index contributed by atoms with van der Waals surface area (Å²) in [5, 5.41) is 3.08. The summed E-state index contributed by atoms with van der Waals surface area (Å²) in [6.45, 7) is 5.63. The molecule has 0 saturated heterocycles. The standard InChI is InChI=1S/C26H29ClN2O4S/c1-18-14-19(2)26(20(3)15-18)28-25(30)17-29(13-12-21-8-6-5-7-9-21)34(31,32)22-10-11-24(33-4)23(27)16-22/h5-11,14-16H,12-13,17H2,1-4H3,(H,28,30). The Morgan fingerprint density at radius 2 is 1.65 bits per heavy atom. The van der Waals surface area contributed by atoms with Gasteiger partial charge in [0.1, 0.15) is 5.75 Å². The quantitative estimate of drug-likeness (QED) is 0.441. The molecule has 1 N–H and O–H groups in total. The fraction of sp³-hybridized carbons (Fsp3) is 0.269. The third kappa shape index (κ3) is 6.17. The second-order valence-corrected chi connectivity index (χ2v) is 10.5. The second-order valence-electron chi connectivity index (χ2n) is 8.19. The van der Waals surface area contributed by atoms with E-state index in [1.165, 1.54) is 29.6 Å². The molecule has 0 bridgehead atoms. The third-order valence-electron chi connectivity index (χ3n) is 5.52. The monoisotopic (exact) mass is 500 g/mol. The number of amides is 1. The van der Waals surface area contributed by atoms with E-state index in [0.29, 0.717) is 17.9 Å². The first kappa shape index (κ1) is 25.7. The van der Waals surface area contributed by atoms with Gasteiger partial charge in [-0.25, -0.2) is 8.42 Å². The van der Waals surface area contributed by atoms with Gasteiger partial charge >= 0.3 is 0 Å². The van der Waals surface area contributed by atoms with E-state index < -0.39 is 15.9 Å². The van der Waals surface area contributed by atoms with Crippen LogP contribution in [0.3, 0.4) is 0 Å². The molecule has 0 aliphatic rings. The Labute approximate surface area is 206 Å². The first-order valence-electron chi connectivity index (χ1n) is 10.9. The fourth-order valence-corrected chi connectivity index (χ4v) is 5.60. The van der Waals surface area contributed by atoms with Gasteiger partial charge in [0.25, 0.3) is 0 Å². The Balaban J connectivity index is 1.88. The van der Waals surface area contributed by atoms with Crippen LogP contribution in [0.2, 0.25) is 5.02 Å². The number of sulfonamides is 1. The van der Waals surface area contributed by atoms with Gasteiger partial charge in [0.15, 0.2) is 0 Å². The van der Waals surface area contributed by atoms with Crippen LogP contribution >= 0.6 is 11.6 Å². The van der Waals surface area contributed by atoms with Gasteiger partial charge in [0.2, 0.25) is 15.9 Å². The van der Waals surface area contributed by atoms with Gasteiger partial charge in [-0.05, 0) is 62.1 Å². The fourth-order valence-electron chi connectivity index (χ4n) is 3.86. The number of aryl methyl sites for hydroxylation is 3. The molecule has 0 unspecified atom stereocenters. The zero-order valence-corrected chi connectivity index (χ0v) is 21.3. The van der Waals surface area contributed by atoms with Gasteiger partial charge in [0, 0.05) is 12.2 Å². The van der Waals surface area contributed by atoms with Crippen LogP contribution in [0, 0.1) is 20.8 Å². The molecule has 3 aromatic carbocycles. The molecule has 3 aromatic rings. The molecular weight excluding hydrogens is 472 g/mol. The average molecular weight is 501 g/mol. The number of methoxy groups -OCH3 is 1. The summed E-state index contributed by atoms with van der Waals surface area (Å²) in [5.74, 6) is -0.0363. The minimum Gasteiger partial charge on any atom is -0.495 e. The van der Waals surface area contributed by atoms with Crippen molar-refractivity contribution < 1.29 is 17.9 Å². The molecule has 3 rings (SSSR count). The van der Waals surface area contributed by atoms with Crippen LogP contribution < -0.4 is 10.1 Å². The predicted molar refractivity (Wildman–Crippen MR) is 136 cm³/mol. The van der Waals surface area contributed by atoms with Gasteiger partial charge in [-0.3, -0.25) is 4.79 Å². The number of hydrogen-bond acceptors (Lipinski definition) is 4. The number of carbonyl (C=O) groups excluding carboxylic acids is 1. The van der Waals surface area contributed by atoms with Crippen molar-refractivity contribution in [1.29, 1.82) is 0 Å². The van der Waals surface area contributed by atoms with Crippen LogP contribution in [-0.4, -0.2) is 38.8 Å². The number of nitrogens with one attached hydrogen (secondary N) is 1. The maximum absolute atomic E-state index is 13.5. The van der Waals surface area contributed by atoms with E-state index in [4.69, 9.17) is 16.3 Å². The predicted octanol–water partition coefficient (Wildman–Crippen LogP) is 5.15. The summed E-state index contributed by atoms with van der Waals surface area (Å²) in [5.41, 5.74) is 4.61. The molecule has 6 nitrogen and oxygen atoms in total. The minimum atomic E-state index is -4.00. The Morgan fingerprint density at radius 1 is 1.00 bits per heavy atom. The van der Waals surface area contributed by atoms with Crippen molar-refractivity contribution in [2.45, 2.75) is 32.1 Å². The van der Waals surface area contributed by atoms with Crippen molar-refractivity contribution >= 4 is 33.2 Å². The van der Waals surface area contributed by atoms with Crippen LogP contribution in [0.4, 0.5) is 5.69 Å². The maximum atomic E-state index is 13.5. The van der Waals surface area contributed by atoms with E-state index in [1.54, 1.807) is 0 Å². The highest BCUT2D eigenvalue weighted by atomic mass is 35.5. The summed E-state index contributed by atoms with van der Waals surface area (Å²) in [6.07, 6.45) is 0.458.